The molecule has 1 aromatic carbocycles. The zero-order chi connectivity index (χ0) is 12.8. The Balaban J connectivity index is 2.03. The summed E-state index contributed by atoms with van der Waals surface area (Å²) in [6.45, 7) is 3.68. The second kappa shape index (κ2) is 6.32. The summed E-state index contributed by atoms with van der Waals surface area (Å²) in [5, 5.41) is 0. The van der Waals surface area contributed by atoms with E-state index in [-0.39, 0.29) is 5.60 Å². The number of benzene rings is 1. The van der Waals surface area contributed by atoms with Gasteiger partial charge in [-0.2, -0.15) is 0 Å². The van der Waals surface area contributed by atoms with E-state index in [4.69, 9.17) is 10.5 Å². The van der Waals surface area contributed by atoms with E-state index in [1.54, 1.807) is 7.11 Å². The molecule has 3 heteroatoms. The first-order chi connectivity index (χ1) is 8.78. The van der Waals surface area contributed by atoms with Crippen LogP contribution in [-0.4, -0.2) is 37.2 Å². The Bertz CT molecular complexity index is 349. The Hall–Kier alpha value is -0.900. The van der Waals surface area contributed by atoms with Crippen molar-refractivity contribution in [2.75, 3.05) is 26.7 Å². The van der Waals surface area contributed by atoms with Crippen LogP contribution in [0, 0.1) is 0 Å². The Morgan fingerprint density at radius 1 is 1.28 bits per heavy atom. The van der Waals surface area contributed by atoms with Gasteiger partial charge in [-0.05, 0) is 31.4 Å². The molecule has 2 N–H and O–H groups in total. The van der Waals surface area contributed by atoms with Crippen LogP contribution in [-0.2, 0) is 11.3 Å². The average molecular weight is 248 g/mol. The van der Waals surface area contributed by atoms with Gasteiger partial charge in [-0.15, -0.1) is 0 Å². The highest BCUT2D eigenvalue weighted by atomic mass is 16.5. The van der Waals surface area contributed by atoms with Crippen LogP contribution in [0.25, 0.3) is 0 Å². The zero-order valence-corrected chi connectivity index (χ0v) is 11.3. The molecule has 3 nitrogen and oxygen atoms in total. The molecular weight excluding hydrogens is 224 g/mol. The monoisotopic (exact) mass is 248 g/mol. The van der Waals surface area contributed by atoms with Gasteiger partial charge in [0.05, 0.1) is 5.60 Å². The Kier molecular flexibility index (Phi) is 4.75. The van der Waals surface area contributed by atoms with Crippen LogP contribution in [0.4, 0.5) is 0 Å². The molecule has 1 aromatic rings. The highest BCUT2D eigenvalue weighted by Gasteiger charge is 2.32. The molecule has 1 saturated heterocycles. The standard InChI is InChI=1S/C15H24N2O/c1-18-15(12-16)9-5-6-10-17(13-15)11-14-7-3-2-4-8-14/h2-4,7-8H,5-6,9-13,16H2,1H3. The van der Waals surface area contributed by atoms with Crippen molar-refractivity contribution >= 4 is 0 Å². The number of hydrogen-bond acceptors (Lipinski definition) is 3. The second-order valence-electron chi connectivity index (χ2n) is 5.24. The molecule has 1 fully saturated rings. The summed E-state index contributed by atoms with van der Waals surface area (Å²) in [6.07, 6.45) is 3.51. The van der Waals surface area contributed by atoms with Crippen LogP contribution in [0.1, 0.15) is 24.8 Å². The molecular formula is C15H24N2O. The largest absolute Gasteiger partial charge is 0.376 e. The van der Waals surface area contributed by atoms with E-state index >= 15 is 0 Å². The molecule has 0 bridgehead atoms. The van der Waals surface area contributed by atoms with E-state index in [1.807, 2.05) is 0 Å². The highest BCUT2D eigenvalue weighted by molar-refractivity contribution is 5.14. The fourth-order valence-corrected chi connectivity index (χ4v) is 2.74. The van der Waals surface area contributed by atoms with Gasteiger partial charge in [-0.3, -0.25) is 4.90 Å². The fraction of sp³-hybridized carbons (Fsp3) is 0.600. The second-order valence-corrected chi connectivity index (χ2v) is 5.24. The molecule has 1 aliphatic heterocycles. The minimum atomic E-state index is -0.148. The number of likely N-dealkylation sites (tertiary alicyclic amines) is 1. The van der Waals surface area contributed by atoms with E-state index in [2.05, 4.69) is 35.2 Å². The van der Waals surface area contributed by atoms with Gasteiger partial charge >= 0.3 is 0 Å². The third-order valence-electron chi connectivity index (χ3n) is 3.92. The van der Waals surface area contributed by atoms with Crippen LogP contribution < -0.4 is 5.73 Å². The van der Waals surface area contributed by atoms with Crippen molar-refractivity contribution in [3.63, 3.8) is 0 Å². The number of ether oxygens (including phenoxy) is 1. The molecule has 1 heterocycles. The van der Waals surface area contributed by atoms with Crippen molar-refractivity contribution in [3.8, 4) is 0 Å². The molecule has 0 amide bonds. The third-order valence-corrected chi connectivity index (χ3v) is 3.92. The van der Waals surface area contributed by atoms with Crippen molar-refractivity contribution in [2.45, 2.75) is 31.4 Å². The topological polar surface area (TPSA) is 38.5 Å². The van der Waals surface area contributed by atoms with Crippen LogP contribution >= 0.6 is 0 Å². The van der Waals surface area contributed by atoms with Gasteiger partial charge in [0.2, 0.25) is 0 Å². The summed E-state index contributed by atoms with van der Waals surface area (Å²) in [5.41, 5.74) is 7.14. The maximum absolute atomic E-state index is 5.92. The molecule has 1 unspecified atom stereocenters. The highest BCUT2D eigenvalue weighted by Crippen LogP contribution is 2.24. The smallest absolute Gasteiger partial charge is 0.0926 e. The molecule has 100 valence electrons. The van der Waals surface area contributed by atoms with Crippen LogP contribution in [0.5, 0.6) is 0 Å². The van der Waals surface area contributed by atoms with Crippen LogP contribution in [0.15, 0.2) is 30.3 Å². The molecule has 2 rings (SSSR count). The Labute approximate surface area is 110 Å². The van der Waals surface area contributed by atoms with Crippen molar-refractivity contribution in [1.29, 1.82) is 0 Å². The minimum absolute atomic E-state index is 0.148. The van der Waals surface area contributed by atoms with Crippen molar-refractivity contribution < 1.29 is 4.74 Å². The normalized spacial score (nSPS) is 25.9. The predicted octanol–water partition coefficient (Wildman–Crippen LogP) is 2.02. The number of nitrogens with two attached hydrogens (primary N) is 1. The first-order valence-electron chi connectivity index (χ1n) is 6.79. The van der Waals surface area contributed by atoms with Crippen LogP contribution in [0.2, 0.25) is 0 Å². The zero-order valence-electron chi connectivity index (χ0n) is 11.3. The lowest BCUT2D eigenvalue weighted by Gasteiger charge is -2.34. The van der Waals surface area contributed by atoms with Gasteiger partial charge in [0.25, 0.3) is 0 Å². The predicted molar refractivity (Wildman–Crippen MR) is 74.4 cm³/mol. The number of methoxy groups -OCH3 is 1. The first-order valence-corrected chi connectivity index (χ1v) is 6.79. The third kappa shape index (κ3) is 3.31. The summed E-state index contributed by atoms with van der Waals surface area (Å²) < 4.78 is 5.71. The van der Waals surface area contributed by atoms with Gasteiger partial charge in [0.15, 0.2) is 0 Å². The van der Waals surface area contributed by atoms with E-state index in [9.17, 15) is 0 Å². The van der Waals surface area contributed by atoms with E-state index in [0.717, 1.165) is 26.1 Å². The minimum Gasteiger partial charge on any atom is -0.376 e. The molecule has 1 atom stereocenters. The van der Waals surface area contributed by atoms with E-state index < -0.39 is 0 Å². The first kappa shape index (κ1) is 13.5. The molecule has 1 aliphatic rings. The molecule has 0 saturated carbocycles. The number of rotatable bonds is 4. The van der Waals surface area contributed by atoms with Gasteiger partial charge in [0, 0.05) is 26.7 Å². The SMILES string of the molecule is COC1(CN)CCCCN(Cc2ccccc2)C1. The Morgan fingerprint density at radius 3 is 2.72 bits per heavy atom. The van der Waals surface area contributed by atoms with Gasteiger partial charge in [-0.1, -0.05) is 30.3 Å². The number of nitrogens with zero attached hydrogens (tertiary/aromatic N) is 1. The molecule has 0 spiro atoms. The van der Waals surface area contributed by atoms with E-state index in [1.165, 1.54) is 18.4 Å². The van der Waals surface area contributed by atoms with Gasteiger partial charge in [-0.25, -0.2) is 0 Å². The molecule has 0 radical (unpaired) electrons. The Morgan fingerprint density at radius 2 is 2.06 bits per heavy atom. The molecule has 0 aromatic heterocycles. The molecule has 0 aliphatic carbocycles. The fourth-order valence-electron chi connectivity index (χ4n) is 2.74. The van der Waals surface area contributed by atoms with Crippen molar-refractivity contribution in [2.24, 2.45) is 5.73 Å². The van der Waals surface area contributed by atoms with E-state index in [0.29, 0.717) is 6.54 Å². The summed E-state index contributed by atoms with van der Waals surface area (Å²) in [7, 11) is 1.79. The summed E-state index contributed by atoms with van der Waals surface area (Å²) in [5.74, 6) is 0. The summed E-state index contributed by atoms with van der Waals surface area (Å²) in [4.78, 5) is 2.47. The maximum atomic E-state index is 5.92. The van der Waals surface area contributed by atoms with Crippen LogP contribution in [0.3, 0.4) is 0 Å². The van der Waals surface area contributed by atoms with Gasteiger partial charge < -0.3 is 10.5 Å². The lowest BCUT2D eigenvalue weighted by molar-refractivity contribution is -0.0292. The lowest BCUT2D eigenvalue weighted by atomic mass is 9.97. The molecule has 18 heavy (non-hydrogen) atoms. The van der Waals surface area contributed by atoms with Crippen molar-refractivity contribution in [1.82, 2.24) is 4.90 Å². The summed E-state index contributed by atoms with van der Waals surface area (Å²) >= 11 is 0. The summed E-state index contributed by atoms with van der Waals surface area (Å²) in [6, 6.07) is 10.6. The maximum Gasteiger partial charge on any atom is 0.0926 e. The van der Waals surface area contributed by atoms with Gasteiger partial charge in [0.1, 0.15) is 0 Å². The number of hydrogen-bond donors (Lipinski definition) is 1. The lowest BCUT2D eigenvalue weighted by Crippen LogP contribution is -2.48. The average Bonchev–Trinajstić information content (AvgIpc) is 2.63. The quantitative estimate of drug-likeness (QED) is 0.886. The van der Waals surface area contributed by atoms with Crippen molar-refractivity contribution in [3.05, 3.63) is 35.9 Å².